The molecule has 2 heterocycles. The van der Waals surface area contributed by atoms with Crippen LogP contribution in [0, 0.1) is 11.3 Å². The zero-order valence-electron chi connectivity index (χ0n) is 15.3. The Labute approximate surface area is 170 Å². The Morgan fingerprint density at radius 3 is 2.33 bits per heavy atom. The molecule has 1 aliphatic heterocycles. The van der Waals surface area contributed by atoms with Crippen LogP contribution in [-0.2, 0) is 22.6 Å². The van der Waals surface area contributed by atoms with Crippen LogP contribution < -0.4 is 4.31 Å². The second kappa shape index (κ2) is 7.11. The minimum atomic E-state index is -4.57. The summed E-state index contributed by atoms with van der Waals surface area (Å²) in [6.45, 7) is 0.236. The van der Waals surface area contributed by atoms with Gasteiger partial charge in [0.2, 0.25) is 0 Å². The number of fused-ring (bicyclic) bond motifs is 1. The van der Waals surface area contributed by atoms with Gasteiger partial charge in [0.25, 0.3) is 10.0 Å². The van der Waals surface area contributed by atoms with Crippen molar-refractivity contribution in [3.05, 3.63) is 71.4 Å². The second-order valence-corrected chi connectivity index (χ2v) is 8.47. The third-order valence-corrected chi connectivity index (χ3v) is 6.58. The van der Waals surface area contributed by atoms with Gasteiger partial charge in [-0.05, 0) is 60.5 Å². The fourth-order valence-corrected chi connectivity index (χ4v) is 4.75. The molecule has 0 amide bonds. The van der Waals surface area contributed by atoms with E-state index in [1.54, 1.807) is 18.2 Å². The summed E-state index contributed by atoms with van der Waals surface area (Å²) in [5.74, 6) is 0. The monoisotopic (exact) mass is 430 g/mol. The Morgan fingerprint density at radius 2 is 1.73 bits per heavy atom. The average molecular weight is 430 g/mol. The van der Waals surface area contributed by atoms with Crippen LogP contribution in [-0.4, -0.2) is 25.2 Å². The minimum Gasteiger partial charge on any atom is -0.266 e. The van der Waals surface area contributed by atoms with Gasteiger partial charge in [0.05, 0.1) is 27.9 Å². The van der Waals surface area contributed by atoms with Gasteiger partial charge in [-0.15, -0.1) is 10.2 Å². The highest BCUT2D eigenvalue weighted by Crippen LogP contribution is 2.36. The zero-order valence-corrected chi connectivity index (χ0v) is 16.1. The van der Waals surface area contributed by atoms with Crippen molar-refractivity contribution in [1.29, 1.82) is 5.26 Å². The van der Waals surface area contributed by atoms with E-state index >= 15 is 0 Å². The molecule has 0 saturated heterocycles. The average Bonchev–Trinajstić information content (AvgIpc) is 3.17. The van der Waals surface area contributed by atoms with E-state index in [9.17, 15) is 21.6 Å². The van der Waals surface area contributed by atoms with Crippen molar-refractivity contribution in [2.45, 2.75) is 17.5 Å². The largest absolute Gasteiger partial charge is 0.435 e. The lowest BCUT2D eigenvalue weighted by atomic mass is 10.1. The fourth-order valence-electron chi connectivity index (χ4n) is 3.25. The van der Waals surface area contributed by atoms with E-state index in [2.05, 4.69) is 10.2 Å². The maximum absolute atomic E-state index is 13.0. The van der Waals surface area contributed by atoms with E-state index < -0.39 is 21.9 Å². The number of alkyl halides is 3. The first-order chi connectivity index (χ1) is 14.2. The molecule has 1 aromatic heterocycles. The number of benzene rings is 2. The lowest BCUT2D eigenvalue weighted by Gasteiger charge is -2.19. The van der Waals surface area contributed by atoms with Crippen LogP contribution in [0.15, 0.2) is 59.5 Å². The Bertz CT molecular complexity index is 1250. The van der Waals surface area contributed by atoms with Gasteiger partial charge in [0.15, 0.2) is 5.69 Å². The van der Waals surface area contributed by atoms with Gasteiger partial charge in [0, 0.05) is 12.1 Å². The number of rotatable bonds is 3. The van der Waals surface area contributed by atoms with Crippen molar-refractivity contribution in [3.8, 4) is 17.3 Å². The van der Waals surface area contributed by atoms with E-state index in [4.69, 9.17) is 5.26 Å². The SMILES string of the molecule is N#Cc1ccc(S(=O)(=O)N2CCc3cc(-c4ccc(C(F)(F)F)nn4)ccc32)cc1. The fraction of sp³-hybridized carbons (Fsp3) is 0.150. The summed E-state index contributed by atoms with van der Waals surface area (Å²) in [5.41, 5.74) is 1.34. The number of hydrogen-bond donors (Lipinski definition) is 0. The smallest absolute Gasteiger partial charge is 0.266 e. The summed E-state index contributed by atoms with van der Waals surface area (Å²) in [4.78, 5) is 0.0760. The van der Waals surface area contributed by atoms with Crippen molar-refractivity contribution in [1.82, 2.24) is 10.2 Å². The van der Waals surface area contributed by atoms with Gasteiger partial charge in [-0.2, -0.15) is 18.4 Å². The zero-order chi connectivity index (χ0) is 21.5. The molecular weight excluding hydrogens is 417 g/mol. The van der Waals surface area contributed by atoms with Gasteiger partial charge in [0.1, 0.15) is 0 Å². The molecule has 152 valence electrons. The first-order valence-corrected chi connectivity index (χ1v) is 10.2. The van der Waals surface area contributed by atoms with Gasteiger partial charge in [-0.25, -0.2) is 8.42 Å². The lowest BCUT2D eigenvalue weighted by Crippen LogP contribution is -2.29. The molecule has 1 aliphatic rings. The van der Waals surface area contributed by atoms with Gasteiger partial charge in [-0.3, -0.25) is 4.31 Å². The summed E-state index contributed by atoms with van der Waals surface area (Å²) >= 11 is 0. The third-order valence-electron chi connectivity index (χ3n) is 4.75. The number of hydrogen-bond acceptors (Lipinski definition) is 5. The molecule has 0 aliphatic carbocycles. The highest BCUT2D eigenvalue weighted by atomic mass is 32.2. The molecule has 0 unspecified atom stereocenters. The number of aromatic nitrogens is 2. The summed E-state index contributed by atoms with van der Waals surface area (Å²) < 4.78 is 65.3. The van der Waals surface area contributed by atoms with E-state index in [1.165, 1.54) is 34.6 Å². The molecule has 10 heteroatoms. The molecule has 0 bridgehead atoms. The van der Waals surface area contributed by atoms with Crippen LogP contribution in [0.2, 0.25) is 0 Å². The molecule has 0 spiro atoms. The normalized spacial score (nSPS) is 13.7. The first-order valence-electron chi connectivity index (χ1n) is 8.77. The molecule has 30 heavy (non-hydrogen) atoms. The van der Waals surface area contributed by atoms with Gasteiger partial charge < -0.3 is 0 Å². The maximum Gasteiger partial charge on any atom is 0.435 e. The first kappa shape index (κ1) is 19.8. The standard InChI is InChI=1S/C20H13F3N4O2S/c21-20(22,23)19-8-6-17(25-26-19)14-3-7-18-15(11-14)9-10-27(18)30(28,29)16-4-1-13(12-24)2-5-16/h1-8,11H,9-10H2. The molecule has 0 fully saturated rings. The van der Waals surface area contributed by atoms with Crippen molar-refractivity contribution in [3.63, 3.8) is 0 Å². The molecule has 4 rings (SSSR count). The number of sulfonamides is 1. The topological polar surface area (TPSA) is 87.0 Å². The van der Waals surface area contributed by atoms with Crippen molar-refractivity contribution in [2.75, 3.05) is 10.8 Å². The van der Waals surface area contributed by atoms with Gasteiger partial charge >= 0.3 is 6.18 Å². The summed E-state index contributed by atoms with van der Waals surface area (Å²) in [6, 6.07) is 14.6. The molecule has 0 N–H and O–H groups in total. The molecule has 2 aromatic carbocycles. The second-order valence-electron chi connectivity index (χ2n) is 6.61. The summed E-state index contributed by atoms with van der Waals surface area (Å²) in [6.07, 6.45) is -4.11. The molecule has 0 radical (unpaired) electrons. The van der Waals surface area contributed by atoms with Crippen molar-refractivity contribution < 1.29 is 21.6 Å². The predicted molar refractivity (Wildman–Crippen MR) is 102 cm³/mol. The van der Waals surface area contributed by atoms with Gasteiger partial charge in [-0.1, -0.05) is 6.07 Å². The highest BCUT2D eigenvalue weighted by Gasteiger charge is 2.33. The molecular formula is C20H13F3N4O2S. The van der Waals surface area contributed by atoms with Crippen LogP contribution >= 0.6 is 0 Å². The van der Waals surface area contributed by atoms with Crippen LogP contribution in [0.5, 0.6) is 0 Å². The quantitative estimate of drug-likeness (QED) is 0.631. The number of anilines is 1. The number of halogens is 3. The Hall–Kier alpha value is -3.45. The highest BCUT2D eigenvalue weighted by molar-refractivity contribution is 7.92. The Morgan fingerprint density at radius 1 is 1.00 bits per heavy atom. The number of nitrogens with zero attached hydrogens (tertiary/aromatic N) is 4. The van der Waals surface area contributed by atoms with E-state index in [-0.39, 0.29) is 17.1 Å². The van der Waals surface area contributed by atoms with E-state index in [1.807, 2.05) is 6.07 Å². The van der Waals surface area contributed by atoms with Crippen molar-refractivity contribution >= 4 is 15.7 Å². The molecule has 6 nitrogen and oxygen atoms in total. The summed E-state index contributed by atoms with van der Waals surface area (Å²) in [7, 11) is -3.81. The van der Waals surface area contributed by atoms with Crippen LogP contribution in [0.1, 0.15) is 16.8 Å². The predicted octanol–water partition coefficient (Wildman–Crippen LogP) is 3.79. The lowest BCUT2D eigenvalue weighted by molar-refractivity contribution is -0.141. The van der Waals surface area contributed by atoms with Crippen LogP contribution in [0.4, 0.5) is 18.9 Å². The molecule has 0 saturated carbocycles. The van der Waals surface area contributed by atoms with E-state index in [0.29, 0.717) is 23.2 Å². The summed E-state index contributed by atoms with van der Waals surface area (Å²) in [5, 5.41) is 15.7. The third kappa shape index (κ3) is 3.48. The van der Waals surface area contributed by atoms with Crippen molar-refractivity contribution in [2.24, 2.45) is 0 Å². The van der Waals surface area contributed by atoms with Crippen LogP contribution in [0.25, 0.3) is 11.3 Å². The molecule has 3 aromatic rings. The van der Waals surface area contributed by atoms with E-state index in [0.717, 1.165) is 11.6 Å². The van der Waals surface area contributed by atoms with Crippen LogP contribution in [0.3, 0.4) is 0 Å². The molecule has 0 atom stereocenters. The Balaban J connectivity index is 1.64. The Kier molecular flexibility index (Phi) is 4.70. The minimum absolute atomic E-state index is 0.0760. The maximum atomic E-state index is 13.0. The number of nitriles is 1.